The fourth-order valence-electron chi connectivity index (χ4n) is 2.57. The van der Waals surface area contributed by atoms with Gasteiger partial charge in [-0.2, -0.15) is 0 Å². The molecule has 0 bridgehead atoms. The third-order valence-electron chi connectivity index (χ3n) is 3.65. The number of hydrogen-bond acceptors (Lipinski definition) is 4. The van der Waals surface area contributed by atoms with Gasteiger partial charge in [0.05, 0.1) is 17.2 Å². The highest BCUT2D eigenvalue weighted by atomic mass is 16.4. The van der Waals surface area contributed by atoms with Crippen LogP contribution >= 0.6 is 0 Å². The Hall–Kier alpha value is -1.98. The minimum Gasteiger partial charge on any atom is -0.481 e. The van der Waals surface area contributed by atoms with Gasteiger partial charge in [-0.15, -0.1) is 0 Å². The van der Waals surface area contributed by atoms with Crippen molar-refractivity contribution in [1.29, 1.82) is 0 Å². The summed E-state index contributed by atoms with van der Waals surface area (Å²) in [6.07, 6.45) is 4.76. The van der Waals surface area contributed by atoms with Gasteiger partial charge in [-0.1, -0.05) is 13.8 Å². The summed E-state index contributed by atoms with van der Waals surface area (Å²) >= 11 is 0. The minimum absolute atomic E-state index is 0.0798. The topological polar surface area (TPSA) is 92.2 Å². The van der Waals surface area contributed by atoms with E-state index in [9.17, 15) is 9.59 Å². The third-order valence-corrected chi connectivity index (χ3v) is 3.65. The smallest absolute Gasteiger partial charge is 0.306 e. The first-order valence-electron chi connectivity index (χ1n) is 6.82. The number of aromatic nitrogens is 2. The summed E-state index contributed by atoms with van der Waals surface area (Å²) in [6, 6.07) is -0.0798. The Balaban J connectivity index is 2.05. The lowest BCUT2D eigenvalue weighted by Gasteiger charge is -2.15. The molecule has 1 aliphatic rings. The lowest BCUT2D eigenvalue weighted by atomic mass is 10.0. The van der Waals surface area contributed by atoms with Crippen molar-refractivity contribution in [3.05, 3.63) is 23.8 Å². The predicted octanol–water partition coefficient (Wildman–Crippen LogP) is 1.58. The summed E-state index contributed by atoms with van der Waals surface area (Å²) in [7, 11) is 0. The highest BCUT2D eigenvalue weighted by molar-refractivity contribution is 5.95. The van der Waals surface area contributed by atoms with Gasteiger partial charge in [0.15, 0.2) is 0 Å². The molecule has 108 valence electrons. The second kappa shape index (κ2) is 5.98. The van der Waals surface area contributed by atoms with Gasteiger partial charge in [-0.3, -0.25) is 9.59 Å². The molecular formula is C14H19N3O3. The monoisotopic (exact) mass is 277 g/mol. The van der Waals surface area contributed by atoms with Gasteiger partial charge in [0, 0.05) is 12.2 Å². The molecule has 1 aliphatic carbocycles. The van der Waals surface area contributed by atoms with Crippen molar-refractivity contribution >= 4 is 11.9 Å². The van der Waals surface area contributed by atoms with Crippen molar-refractivity contribution in [3.63, 3.8) is 0 Å². The highest BCUT2D eigenvalue weighted by Gasteiger charge is 2.31. The molecule has 0 unspecified atom stereocenters. The number of carboxylic acid groups (broad SMARTS) is 1. The fourth-order valence-corrected chi connectivity index (χ4v) is 2.57. The van der Waals surface area contributed by atoms with E-state index in [4.69, 9.17) is 5.11 Å². The van der Waals surface area contributed by atoms with Gasteiger partial charge < -0.3 is 10.4 Å². The lowest BCUT2D eigenvalue weighted by Crippen LogP contribution is -2.34. The molecule has 0 spiro atoms. The van der Waals surface area contributed by atoms with Gasteiger partial charge in [-0.25, -0.2) is 9.97 Å². The summed E-state index contributed by atoms with van der Waals surface area (Å²) in [5.74, 6) is -1.22. The molecule has 1 aromatic rings. The van der Waals surface area contributed by atoms with Crippen LogP contribution in [0.5, 0.6) is 0 Å². The van der Waals surface area contributed by atoms with E-state index in [1.54, 1.807) is 0 Å². The van der Waals surface area contributed by atoms with Crippen LogP contribution in [0.15, 0.2) is 12.5 Å². The second-order valence-corrected chi connectivity index (χ2v) is 5.49. The molecular weight excluding hydrogens is 258 g/mol. The van der Waals surface area contributed by atoms with Crippen molar-refractivity contribution in [1.82, 2.24) is 15.3 Å². The SMILES string of the molecule is CC(C)c1ncncc1C(=O)N[C@H]1CC[C@@H](C(=O)O)C1. The number of nitrogens with one attached hydrogen (secondary N) is 1. The lowest BCUT2D eigenvalue weighted by molar-refractivity contribution is -0.141. The molecule has 20 heavy (non-hydrogen) atoms. The Morgan fingerprint density at radius 1 is 1.40 bits per heavy atom. The van der Waals surface area contributed by atoms with Crippen molar-refractivity contribution in [3.8, 4) is 0 Å². The summed E-state index contributed by atoms with van der Waals surface area (Å²) in [6.45, 7) is 3.93. The van der Waals surface area contributed by atoms with Crippen LogP contribution in [-0.4, -0.2) is 33.0 Å². The van der Waals surface area contributed by atoms with Crippen LogP contribution in [0.25, 0.3) is 0 Å². The summed E-state index contributed by atoms with van der Waals surface area (Å²) in [4.78, 5) is 31.2. The maximum absolute atomic E-state index is 12.3. The summed E-state index contributed by atoms with van der Waals surface area (Å²) in [5.41, 5.74) is 1.19. The van der Waals surface area contributed by atoms with Crippen molar-refractivity contribution in [2.75, 3.05) is 0 Å². The van der Waals surface area contributed by atoms with E-state index < -0.39 is 5.97 Å². The molecule has 1 amide bonds. The number of nitrogens with zero attached hydrogens (tertiary/aromatic N) is 2. The van der Waals surface area contributed by atoms with Crippen molar-refractivity contribution < 1.29 is 14.7 Å². The van der Waals surface area contributed by atoms with E-state index in [1.807, 2.05) is 13.8 Å². The van der Waals surface area contributed by atoms with Gasteiger partial charge in [0.25, 0.3) is 5.91 Å². The van der Waals surface area contributed by atoms with Crippen LogP contribution in [0.1, 0.15) is 55.1 Å². The fraction of sp³-hybridized carbons (Fsp3) is 0.571. The molecule has 1 fully saturated rings. The zero-order valence-electron chi connectivity index (χ0n) is 11.7. The zero-order valence-corrected chi connectivity index (χ0v) is 11.7. The Morgan fingerprint density at radius 2 is 2.15 bits per heavy atom. The highest BCUT2D eigenvalue weighted by Crippen LogP contribution is 2.26. The van der Waals surface area contributed by atoms with E-state index in [-0.39, 0.29) is 23.8 Å². The van der Waals surface area contributed by atoms with Crippen molar-refractivity contribution in [2.24, 2.45) is 5.92 Å². The maximum Gasteiger partial charge on any atom is 0.306 e. The van der Waals surface area contributed by atoms with Crippen LogP contribution in [0.2, 0.25) is 0 Å². The van der Waals surface area contributed by atoms with E-state index in [0.29, 0.717) is 30.5 Å². The average Bonchev–Trinajstić information content (AvgIpc) is 2.87. The maximum atomic E-state index is 12.3. The number of carbonyl (C=O) groups is 2. The number of carbonyl (C=O) groups excluding carboxylic acids is 1. The summed E-state index contributed by atoms with van der Waals surface area (Å²) in [5, 5.41) is 11.9. The van der Waals surface area contributed by atoms with Crippen LogP contribution in [-0.2, 0) is 4.79 Å². The Labute approximate surface area is 117 Å². The van der Waals surface area contributed by atoms with Gasteiger partial charge >= 0.3 is 5.97 Å². The Morgan fingerprint density at radius 3 is 2.75 bits per heavy atom. The van der Waals surface area contributed by atoms with Crippen LogP contribution in [0.4, 0.5) is 0 Å². The number of amides is 1. The molecule has 1 saturated carbocycles. The third kappa shape index (κ3) is 3.12. The van der Waals surface area contributed by atoms with Crippen LogP contribution in [0.3, 0.4) is 0 Å². The molecule has 0 aliphatic heterocycles. The minimum atomic E-state index is -0.785. The molecule has 2 atom stereocenters. The molecule has 0 saturated heterocycles. The first kappa shape index (κ1) is 14.4. The predicted molar refractivity (Wildman–Crippen MR) is 72.4 cm³/mol. The molecule has 2 rings (SSSR count). The summed E-state index contributed by atoms with van der Waals surface area (Å²) < 4.78 is 0. The molecule has 0 aromatic carbocycles. The number of carboxylic acids is 1. The van der Waals surface area contributed by atoms with E-state index in [1.165, 1.54) is 12.5 Å². The first-order chi connectivity index (χ1) is 9.49. The normalized spacial score (nSPS) is 21.9. The zero-order chi connectivity index (χ0) is 14.7. The van der Waals surface area contributed by atoms with E-state index in [0.717, 1.165) is 0 Å². The largest absolute Gasteiger partial charge is 0.481 e. The van der Waals surface area contributed by atoms with Crippen LogP contribution in [0, 0.1) is 5.92 Å². The van der Waals surface area contributed by atoms with E-state index in [2.05, 4.69) is 15.3 Å². The number of hydrogen-bond donors (Lipinski definition) is 2. The quantitative estimate of drug-likeness (QED) is 0.871. The molecule has 2 N–H and O–H groups in total. The standard InChI is InChI=1S/C14H19N3O3/c1-8(2)12-11(6-15-7-16-12)13(18)17-10-4-3-9(5-10)14(19)20/h6-10H,3-5H2,1-2H3,(H,17,18)(H,19,20)/t9-,10+/m1/s1. The van der Waals surface area contributed by atoms with Gasteiger partial charge in [0.2, 0.25) is 0 Å². The first-order valence-corrected chi connectivity index (χ1v) is 6.82. The molecule has 6 nitrogen and oxygen atoms in total. The second-order valence-electron chi connectivity index (χ2n) is 5.49. The van der Waals surface area contributed by atoms with Gasteiger partial charge in [-0.05, 0) is 25.2 Å². The van der Waals surface area contributed by atoms with E-state index >= 15 is 0 Å². The molecule has 1 aromatic heterocycles. The average molecular weight is 277 g/mol. The number of aliphatic carboxylic acids is 1. The number of rotatable bonds is 4. The molecule has 6 heteroatoms. The van der Waals surface area contributed by atoms with Crippen LogP contribution < -0.4 is 5.32 Å². The molecule has 0 radical (unpaired) electrons. The Bertz CT molecular complexity index is 516. The molecule has 1 heterocycles. The van der Waals surface area contributed by atoms with Gasteiger partial charge in [0.1, 0.15) is 6.33 Å². The van der Waals surface area contributed by atoms with Crippen molar-refractivity contribution in [2.45, 2.75) is 45.1 Å². The Kier molecular flexibility index (Phi) is 4.32.